The molecule has 1 aromatic carbocycles. The number of aromatic nitrogens is 4. The molecule has 1 unspecified atom stereocenters. The third-order valence-electron chi connectivity index (χ3n) is 4.46. The summed E-state index contributed by atoms with van der Waals surface area (Å²) in [5.41, 5.74) is 2.42. The summed E-state index contributed by atoms with van der Waals surface area (Å²) >= 11 is 0. The van der Waals surface area contributed by atoms with Crippen molar-refractivity contribution < 1.29 is 9.59 Å². The highest BCUT2D eigenvalue weighted by Crippen LogP contribution is 2.26. The van der Waals surface area contributed by atoms with Gasteiger partial charge in [-0.3, -0.25) is 9.59 Å². The number of hydrogen-bond donors (Lipinski definition) is 1. The van der Waals surface area contributed by atoms with Gasteiger partial charge in [0.2, 0.25) is 11.8 Å². The first-order valence-electron chi connectivity index (χ1n) is 8.60. The summed E-state index contributed by atoms with van der Waals surface area (Å²) < 4.78 is 1.53. The molecule has 3 aromatic rings. The first-order valence-corrected chi connectivity index (χ1v) is 8.60. The molecule has 1 fully saturated rings. The molecule has 2 aromatic heterocycles. The van der Waals surface area contributed by atoms with Crippen molar-refractivity contribution in [3.63, 3.8) is 0 Å². The maximum Gasteiger partial charge on any atom is 0.250 e. The van der Waals surface area contributed by atoms with E-state index in [2.05, 4.69) is 20.4 Å². The fraction of sp³-hybridized carbons (Fsp3) is 0.211. The highest BCUT2D eigenvalue weighted by molar-refractivity contribution is 6.03. The number of amides is 2. The summed E-state index contributed by atoms with van der Waals surface area (Å²) in [7, 11) is 0. The molecule has 4 rings (SSSR count). The number of anilines is 2. The van der Waals surface area contributed by atoms with Crippen LogP contribution in [-0.2, 0) is 9.59 Å². The second kappa shape index (κ2) is 6.99. The average Bonchev–Trinajstić information content (AvgIpc) is 3.33. The topological polar surface area (TPSA) is 93.0 Å². The fourth-order valence-corrected chi connectivity index (χ4v) is 2.99. The molecule has 0 saturated carbocycles. The lowest BCUT2D eigenvalue weighted by Gasteiger charge is -2.17. The number of rotatable bonds is 4. The van der Waals surface area contributed by atoms with Gasteiger partial charge in [0.1, 0.15) is 0 Å². The first kappa shape index (κ1) is 16.9. The lowest BCUT2D eigenvalue weighted by atomic mass is 10.1. The van der Waals surface area contributed by atoms with Crippen molar-refractivity contribution in [2.45, 2.75) is 13.3 Å². The molecule has 3 heterocycles. The van der Waals surface area contributed by atoms with E-state index >= 15 is 0 Å². The van der Waals surface area contributed by atoms with Crippen LogP contribution in [0.3, 0.4) is 0 Å². The Morgan fingerprint density at radius 1 is 1.19 bits per heavy atom. The van der Waals surface area contributed by atoms with Crippen molar-refractivity contribution in [3.8, 4) is 5.95 Å². The van der Waals surface area contributed by atoms with Gasteiger partial charge >= 0.3 is 0 Å². The van der Waals surface area contributed by atoms with Gasteiger partial charge in [0.25, 0.3) is 5.95 Å². The smallest absolute Gasteiger partial charge is 0.250 e. The average molecular weight is 362 g/mol. The van der Waals surface area contributed by atoms with Gasteiger partial charge in [-0.15, -0.1) is 0 Å². The number of nitrogens with zero attached hydrogens (tertiary/aromatic N) is 5. The Kier molecular flexibility index (Phi) is 4.37. The van der Waals surface area contributed by atoms with Gasteiger partial charge in [-0.05, 0) is 25.1 Å². The molecule has 1 aliphatic rings. The van der Waals surface area contributed by atoms with E-state index in [9.17, 15) is 9.59 Å². The summed E-state index contributed by atoms with van der Waals surface area (Å²) in [6.07, 6.45) is 6.60. The number of carbonyl (C=O) groups excluding carboxylic acids is 2. The summed E-state index contributed by atoms with van der Waals surface area (Å²) in [4.78, 5) is 34.9. The molecule has 0 aliphatic carbocycles. The normalized spacial score (nSPS) is 16.6. The number of nitrogens with one attached hydrogen (secondary N) is 1. The van der Waals surface area contributed by atoms with E-state index in [1.54, 1.807) is 23.4 Å². The van der Waals surface area contributed by atoms with Gasteiger partial charge in [0.15, 0.2) is 0 Å². The predicted octanol–water partition coefficient (Wildman–Crippen LogP) is 1.96. The SMILES string of the molecule is Cc1ccc(N2CC(C(=O)Nc3cnc(-n4cccn4)nc3)CC2=O)cc1. The highest BCUT2D eigenvalue weighted by atomic mass is 16.2. The summed E-state index contributed by atoms with van der Waals surface area (Å²) in [6, 6.07) is 9.48. The molecule has 0 radical (unpaired) electrons. The Labute approximate surface area is 155 Å². The molecular weight excluding hydrogens is 344 g/mol. The molecule has 136 valence electrons. The second-order valence-electron chi connectivity index (χ2n) is 6.45. The lowest BCUT2D eigenvalue weighted by Crippen LogP contribution is -2.28. The minimum Gasteiger partial charge on any atom is -0.323 e. The van der Waals surface area contributed by atoms with Gasteiger partial charge in [-0.2, -0.15) is 5.10 Å². The Balaban J connectivity index is 1.41. The summed E-state index contributed by atoms with van der Waals surface area (Å²) in [5.74, 6) is -0.262. The molecule has 1 saturated heterocycles. The zero-order valence-electron chi connectivity index (χ0n) is 14.7. The van der Waals surface area contributed by atoms with Crippen LogP contribution in [0.25, 0.3) is 5.95 Å². The van der Waals surface area contributed by atoms with E-state index in [-0.39, 0.29) is 18.2 Å². The maximum absolute atomic E-state index is 12.5. The molecule has 8 nitrogen and oxygen atoms in total. The predicted molar refractivity (Wildman–Crippen MR) is 99.4 cm³/mol. The lowest BCUT2D eigenvalue weighted by molar-refractivity contribution is -0.122. The van der Waals surface area contributed by atoms with Crippen molar-refractivity contribution >= 4 is 23.2 Å². The van der Waals surface area contributed by atoms with Crippen LogP contribution in [0.1, 0.15) is 12.0 Å². The van der Waals surface area contributed by atoms with Gasteiger partial charge < -0.3 is 10.2 Å². The zero-order chi connectivity index (χ0) is 18.8. The number of hydrogen-bond acceptors (Lipinski definition) is 5. The number of benzene rings is 1. The Morgan fingerprint density at radius 2 is 1.93 bits per heavy atom. The monoisotopic (exact) mass is 362 g/mol. The minimum absolute atomic E-state index is 0.0516. The third kappa shape index (κ3) is 3.55. The van der Waals surface area contributed by atoms with Crippen LogP contribution in [0.5, 0.6) is 0 Å². The molecule has 1 atom stereocenters. The van der Waals surface area contributed by atoms with Gasteiger partial charge in [0, 0.05) is 31.0 Å². The van der Waals surface area contributed by atoms with E-state index < -0.39 is 5.92 Å². The van der Waals surface area contributed by atoms with Gasteiger partial charge in [0.05, 0.1) is 24.0 Å². The van der Waals surface area contributed by atoms with Crippen LogP contribution in [0.2, 0.25) is 0 Å². The Morgan fingerprint density at radius 3 is 2.59 bits per heavy atom. The largest absolute Gasteiger partial charge is 0.323 e. The van der Waals surface area contributed by atoms with Crippen LogP contribution >= 0.6 is 0 Å². The van der Waals surface area contributed by atoms with Gasteiger partial charge in [-0.1, -0.05) is 17.7 Å². The molecular formula is C19H18N6O2. The van der Waals surface area contributed by atoms with E-state index in [1.807, 2.05) is 31.2 Å². The summed E-state index contributed by atoms with van der Waals surface area (Å²) in [6.45, 7) is 2.35. The van der Waals surface area contributed by atoms with Crippen LogP contribution in [0, 0.1) is 12.8 Å². The van der Waals surface area contributed by atoms with E-state index in [4.69, 9.17) is 0 Å². The molecule has 0 spiro atoms. The second-order valence-corrected chi connectivity index (χ2v) is 6.45. The van der Waals surface area contributed by atoms with E-state index in [0.717, 1.165) is 11.3 Å². The van der Waals surface area contributed by atoms with Crippen LogP contribution in [0.4, 0.5) is 11.4 Å². The number of aryl methyl sites for hydroxylation is 1. The zero-order valence-corrected chi connectivity index (χ0v) is 14.7. The molecule has 8 heteroatoms. The minimum atomic E-state index is -0.412. The fourth-order valence-electron chi connectivity index (χ4n) is 2.99. The van der Waals surface area contributed by atoms with Crippen molar-refractivity contribution in [2.24, 2.45) is 5.92 Å². The van der Waals surface area contributed by atoms with Crippen LogP contribution in [-0.4, -0.2) is 38.1 Å². The standard InChI is InChI=1S/C19H18N6O2/c1-13-3-5-16(6-4-13)24-12-14(9-17(24)26)18(27)23-15-10-20-19(21-11-15)25-8-2-7-22-25/h2-8,10-11,14H,9,12H2,1H3,(H,23,27). The molecule has 0 bridgehead atoms. The first-order chi connectivity index (χ1) is 13.1. The maximum atomic E-state index is 12.5. The molecule has 2 amide bonds. The van der Waals surface area contributed by atoms with Crippen molar-refractivity contribution in [1.82, 2.24) is 19.7 Å². The molecule has 1 aliphatic heterocycles. The Hall–Kier alpha value is -3.55. The summed E-state index contributed by atoms with van der Waals surface area (Å²) in [5, 5.41) is 6.84. The third-order valence-corrected chi connectivity index (χ3v) is 4.46. The highest BCUT2D eigenvalue weighted by Gasteiger charge is 2.35. The quantitative estimate of drug-likeness (QED) is 0.766. The molecule has 27 heavy (non-hydrogen) atoms. The molecule has 1 N–H and O–H groups in total. The number of carbonyl (C=O) groups is 2. The van der Waals surface area contributed by atoms with Crippen molar-refractivity contribution in [1.29, 1.82) is 0 Å². The van der Waals surface area contributed by atoms with Crippen LogP contribution in [0.15, 0.2) is 55.1 Å². The van der Waals surface area contributed by atoms with Gasteiger partial charge in [-0.25, -0.2) is 14.6 Å². The van der Waals surface area contributed by atoms with Crippen molar-refractivity contribution in [3.05, 3.63) is 60.7 Å². The van der Waals surface area contributed by atoms with E-state index in [1.165, 1.54) is 17.1 Å². The van der Waals surface area contributed by atoms with Crippen molar-refractivity contribution in [2.75, 3.05) is 16.8 Å². The Bertz CT molecular complexity index is 951. The van der Waals surface area contributed by atoms with Crippen LogP contribution < -0.4 is 10.2 Å². The van der Waals surface area contributed by atoms with E-state index in [0.29, 0.717) is 18.2 Å².